The van der Waals surface area contributed by atoms with E-state index in [2.05, 4.69) is 0 Å². The topological polar surface area (TPSA) is 52.6 Å². The van der Waals surface area contributed by atoms with E-state index in [4.69, 9.17) is 9.47 Å². The largest absolute Gasteiger partial charge is 0.496 e. The molecule has 3 rings (SSSR count). The van der Waals surface area contributed by atoms with Crippen molar-refractivity contribution in [1.82, 2.24) is 0 Å². The Labute approximate surface area is 170 Å². The maximum atomic E-state index is 12.4. The van der Waals surface area contributed by atoms with E-state index >= 15 is 0 Å². The fraction of sp³-hybridized carbons (Fsp3) is 0.391. The summed E-state index contributed by atoms with van der Waals surface area (Å²) < 4.78 is 10.5. The van der Waals surface area contributed by atoms with Gasteiger partial charge in [-0.05, 0) is 48.8 Å². The quantitative estimate of drug-likeness (QED) is 0.350. The Balaban J connectivity index is 1.60. The van der Waals surface area contributed by atoms with E-state index in [0.29, 0.717) is 22.8 Å². The van der Waals surface area contributed by atoms with Crippen LogP contribution in [0.5, 0.6) is 5.75 Å². The van der Waals surface area contributed by atoms with Crippen molar-refractivity contribution >= 4 is 23.5 Å². The molecule has 2 aromatic rings. The van der Waals surface area contributed by atoms with Gasteiger partial charge < -0.3 is 9.47 Å². The summed E-state index contributed by atoms with van der Waals surface area (Å²) in [6, 6.07) is 13.0. The standard InChI is InChI=1S/C23H26O4S/c1-26-22-14-19(28-2)12-13-20(22)23(25)27-15-21(24)18-10-8-17(9-11-18)16-6-4-3-5-7-16/h8-14,16H,3-7,15H2,1-2H3. The van der Waals surface area contributed by atoms with Gasteiger partial charge in [-0.2, -0.15) is 0 Å². The Hall–Kier alpha value is -2.27. The highest BCUT2D eigenvalue weighted by molar-refractivity contribution is 7.98. The molecule has 1 saturated carbocycles. The first kappa shape index (κ1) is 20.5. The van der Waals surface area contributed by atoms with Crippen LogP contribution in [-0.4, -0.2) is 31.7 Å². The average molecular weight is 399 g/mol. The van der Waals surface area contributed by atoms with Gasteiger partial charge in [0, 0.05) is 10.5 Å². The van der Waals surface area contributed by atoms with Crippen molar-refractivity contribution < 1.29 is 19.1 Å². The van der Waals surface area contributed by atoms with E-state index in [1.165, 1.54) is 44.8 Å². The molecule has 0 aromatic heterocycles. The molecule has 0 amide bonds. The van der Waals surface area contributed by atoms with Crippen LogP contribution >= 0.6 is 11.8 Å². The number of esters is 1. The molecule has 1 aliphatic carbocycles. The third-order valence-corrected chi connectivity index (χ3v) is 6.00. The molecule has 2 aromatic carbocycles. The van der Waals surface area contributed by atoms with Crippen molar-refractivity contribution in [3.63, 3.8) is 0 Å². The van der Waals surface area contributed by atoms with E-state index in [0.717, 1.165) is 4.90 Å². The first-order chi connectivity index (χ1) is 13.6. The summed E-state index contributed by atoms with van der Waals surface area (Å²) in [6.07, 6.45) is 8.28. The summed E-state index contributed by atoms with van der Waals surface area (Å²) in [7, 11) is 1.51. The Bertz CT molecular complexity index is 823. The van der Waals surface area contributed by atoms with Gasteiger partial charge in [0.25, 0.3) is 0 Å². The molecule has 4 nitrogen and oxygen atoms in total. The summed E-state index contributed by atoms with van der Waals surface area (Å²) in [4.78, 5) is 25.8. The van der Waals surface area contributed by atoms with Gasteiger partial charge in [0.15, 0.2) is 12.4 Å². The number of ether oxygens (including phenoxy) is 2. The summed E-state index contributed by atoms with van der Waals surface area (Å²) in [6.45, 7) is -0.283. The van der Waals surface area contributed by atoms with Crippen LogP contribution in [0, 0.1) is 0 Å². The van der Waals surface area contributed by atoms with Gasteiger partial charge in [0.1, 0.15) is 11.3 Å². The lowest BCUT2D eigenvalue weighted by molar-refractivity contribution is 0.0471. The second-order valence-corrected chi connectivity index (χ2v) is 7.90. The maximum absolute atomic E-state index is 12.4. The molecule has 0 heterocycles. The second kappa shape index (κ2) is 9.78. The van der Waals surface area contributed by atoms with Crippen LogP contribution in [0.1, 0.15) is 64.3 Å². The average Bonchev–Trinajstić information content (AvgIpc) is 2.77. The Morgan fingerprint density at radius 2 is 1.75 bits per heavy atom. The minimum atomic E-state index is -0.559. The number of carbonyl (C=O) groups excluding carboxylic acids is 2. The molecule has 0 unspecified atom stereocenters. The fourth-order valence-corrected chi connectivity index (χ4v) is 4.07. The van der Waals surface area contributed by atoms with E-state index in [1.54, 1.807) is 23.9 Å². The van der Waals surface area contributed by atoms with E-state index in [9.17, 15) is 9.59 Å². The third-order valence-electron chi connectivity index (χ3n) is 5.27. The number of thioether (sulfide) groups is 1. The number of methoxy groups -OCH3 is 1. The molecule has 0 bridgehead atoms. The SMILES string of the molecule is COc1cc(SC)ccc1C(=O)OCC(=O)c1ccc(C2CCCCC2)cc1. The highest BCUT2D eigenvalue weighted by Gasteiger charge is 2.18. The number of hydrogen-bond donors (Lipinski definition) is 0. The lowest BCUT2D eigenvalue weighted by atomic mass is 9.84. The van der Waals surface area contributed by atoms with Crippen molar-refractivity contribution in [1.29, 1.82) is 0 Å². The van der Waals surface area contributed by atoms with Gasteiger partial charge in [-0.1, -0.05) is 43.5 Å². The molecule has 5 heteroatoms. The second-order valence-electron chi connectivity index (χ2n) is 7.02. The molecule has 1 aliphatic rings. The molecular formula is C23H26O4S. The number of benzene rings is 2. The van der Waals surface area contributed by atoms with Gasteiger partial charge >= 0.3 is 5.97 Å². The van der Waals surface area contributed by atoms with Gasteiger partial charge in [-0.3, -0.25) is 4.79 Å². The molecular weight excluding hydrogens is 372 g/mol. The zero-order valence-electron chi connectivity index (χ0n) is 16.4. The first-order valence-corrected chi connectivity index (χ1v) is 10.9. The fourth-order valence-electron chi connectivity index (χ4n) is 3.64. The van der Waals surface area contributed by atoms with Gasteiger partial charge in [0.05, 0.1) is 7.11 Å². The summed E-state index contributed by atoms with van der Waals surface area (Å²) >= 11 is 1.56. The van der Waals surface area contributed by atoms with Gasteiger partial charge in [-0.25, -0.2) is 4.79 Å². The van der Waals surface area contributed by atoms with E-state index < -0.39 is 5.97 Å². The van der Waals surface area contributed by atoms with Gasteiger partial charge in [0.2, 0.25) is 0 Å². The van der Waals surface area contributed by atoms with Crippen LogP contribution in [0.4, 0.5) is 0 Å². The molecule has 0 aliphatic heterocycles. The van der Waals surface area contributed by atoms with E-state index in [1.807, 2.05) is 36.6 Å². The minimum Gasteiger partial charge on any atom is -0.496 e. The van der Waals surface area contributed by atoms with Crippen molar-refractivity contribution in [2.45, 2.75) is 42.9 Å². The number of rotatable bonds is 7. The van der Waals surface area contributed by atoms with Crippen LogP contribution in [0.3, 0.4) is 0 Å². The molecule has 0 spiro atoms. The normalized spacial score (nSPS) is 14.5. The van der Waals surface area contributed by atoms with Crippen LogP contribution in [0.15, 0.2) is 47.4 Å². The van der Waals surface area contributed by atoms with Crippen molar-refractivity contribution in [3.8, 4) is 5.75 Å². The number of carbonyl (C=O) groups is 2. The Morgan fingerprint density at radius 1 is 1.04 bits per heavy atom. The maximum Gasteiger partial charge on any atom is 0.342 e. The highest BCUT2D eigenvalue weighted by Crippen LogP contribution is 2.32. The summed E-state index contributed by atoms with van der Waals surface area (Å²) in [5.74, 6) is 0.286. The third kappa shape index (κ3) is 4.96. The number of Topliss-reactive ketones (excluding diaryl/α,β-unsaturated/α-hetero) is 1. The highest BCUT2D eigenvalue weighted by atomic mass is 32.2. The molecule has 0 N–H and O–H groups in total. The molecule has 28 heavy (non-hydrogen) atoms. The minimum absolute atomic E-state index is 0.205. The Morgan fingerprint density at radius 3 is 2.39 bits per heavy atom. The molecule has 0 saturated heterocycles. The lowest BCUT2D eigenvalue weighted by Gasteiger charge is -2.22. The van der Waals surface area contributed by atoms with Crippen LogP contribution < -0.4 is 4.74 Å². The summed E-state index contributed by atoms with van der Waals surface area (Å²) in [5, 5.41) is 0. The first-order valence-electron chi connectivity index (χ1n) is 9.64. The lowest BCUT2D eigenvalue weighted by Crippen LogP contribution is -2.15. The van der Waals surface area contributed by atoms with Crippen molar-refractivity contribution in [2.75, 3.05) is 20.0 Å². The zero-order valence-corrected chi connectivity index (χ0v) is 17.2. The molecule has 0 radical (unpaired) electrons. The van der Waals surface area contributed by atoms with Crippen LogP contribution in [0.25, 0.3) is 0 Å². The Kier molecular flexibility index (Phi) is 7.15. The van der Waals surface area contributed by atoms with Crippen molar-refractivity contribution in [2.24, 2.45) is 0 Å². The molecule has 0 atom stereocenters. The molecule has 1 fully saturated rings. The van der Waals surface area contributed by atoms with Crippen LogP contribution in [-0.2, 0) is 4.74 Å². The smallest absolute Gasteiger partial charge is 0.342 e. The van der Waals surface area contributed by atoms with E-state index in [-0.39, 0.29) is 12.4 Å². The summed E-state index contributed by atoms with van der Waals surface area (Å²) in [5.41, 5.74) is 2.18. The number of hydrogen-bond acceptors (Lipinski definition) is 5. The monoisotopic (exact) mass is 398 g/mol. The zero-order chi connectivity index (χ0) is 19.9. The van der Waals surface area contributed by atoms with Gasteiger partial charge in [-0.15, -0.1) is 11.8 Å². The number of ketones is 1. The van der Waals surface area contributed by atoms with Crippen molar-refractivity contribution in [3.05, 3.63) is 59.2 Å². The predicted octanol–water partition coefficient (Wildman–Crippen LogP) is 5.50. The molecule has 148 valence electrons. The van der Waals surface area contributed by atoms with Crippen LogP contribution in [0.2, 0.25) is 0 Å². The predicted molar refractivity (Wildman–Crippen MR) is 112 cm³/mol.